The highest BCUT2D eigenvalue weighted by atomic mass is 16.5. The number of rotatable bonds is 3. The molecule has 3 atom stereocenters. The van der Waals surface area contributed by atoms with E-state index >= 15 is 0 Å². The molecule has 1 aliphatic rings. The molecule has 2 rings (SSSR count). The highest BCUT2D eigenvalue weighted by Gasteiger charge is 2.45. The summed E-state index contributed by atoms with van der Waals surface area (Å²) < 4.78 is 4.72. The van der Waals surface area contributed by atoms with E-state index < -0.39 is 11.9 Å². The van der Waals surface area contributed by atoms with Gasteiger partial charge in [0.05, 0.1) is 13.7 Å². The lowest BCUT2D eigenvalue weighted by Gasteiger charge is -2.29. The van der Waals surface area contributed by atoms with Crippen molar-refractivity contribution < 1.29 is 14.3 Å². The maximum atomic E-state index is 12.0. The number of carbonyl (C=O) groups excluding carboxylic acids is 2. The predicted molar refractivity (Wildman–Crippen MR) is 71.5 cm³/mol. The van der Waals surface area contributed by atoms with Crippen LogP contribution >= 0.6 is 0 Å². The molecular formula is C15H19NO3. The molecule has 1 aliphatic heterocycles. The van der Waals surface area contributed by atoms with Gasteiger partial charge in [-0.05, 0) is 19.4 Å². The van der Waals surface area contributed by atoms with Crippen molar-refractivity contribution in [3.05, 3.63) is 35.9 Å². The van der Waals surface area contributed by atoms with Gasteiger partial charge in [0.2, 0.25) is 0 Å². The fourth-order valence-electron chi connectivity index (χ4n) is 2.75. The second-order valence-corrected chi connectivity index (χ2v) is 4.97. The second-order valence-electron chi connectivity index (χ2n) is 4.97. The van der Waals surface area contributed by atoms with E-state index in [-0.39, 0.29) is 17.9 Å². The molecule has 1 aromatic rings. The number of carbonyl (C=O) groups is 2. The number of hydrogen-bond acceptors (Lipinski definition) is 4. The fourth-order valence-corrected chi connectivity index (χ4v) is 2.75. The summed E-state index contributed by atoms with van der Waals surface area (Å²) in [6.45, 7) is 4.27. The Hall–Kier alpha value is -1.68. The minimum Gasteiger partial charge on any atom is -0.468 e. The van der Waals surface area contributed by atoms with Gasteiger partial charge in [0.15, 0.2) is 5.78 Å². The van der Waals surface area contributed by atoms with E-state index in [1.807, 2.05) is 37.3 Å². The maximum Gasteiger partial charge on any atom is 0.317 e. The molecule has 0 saturated carbocycles. The molecule has 0 unspecified atom stereocenters. The van der Waals surface area contributed by atoms with E-state index in [0.717, 1.165) is 5.56 Å². The lowest BCUT2D eigenvalue weighted by atomic mass is 10.00. The number of methoxy groups -OCH3 is 1. The Kier molecular flexibility index (Phi) is 4.00. The SMILES string of the molecule is COC(=O)[C@H]1C(=O)CN([C@H](C)c2ccccc2)[C@@H]1C. The molecule has 0 radical (unpaired) electrons. The number of benzene rings is 1. The van der Waals surface area contributed by atoms with E-state index in [2.05, 4.69) is 11.8 Å². The van der Waals surface area contributed by atoms with Gasteiger partial charge in [-0.1, -0.05) is 30.3 Å². The third-order valence-corrected chi connectivity index (χ3v) is 3.93. The maximum absolute atomic E-state index is 12.0. The number of hydrogen-bond donors (Lipinski definition) is 0. The zero-order valence-electron chi connectivity index (χ0n) is 11.5. The zero-order chi connectivity index (χ0) is 14.0. The van der Waals surface area contributed by atoms with Gasteiger partial charge >= 0.3 is 5.97 Å². The van der Waals surface area contributed by atoms with Crippen LogP contribution in [0.2, 0.25) is 0 Å². The number of likely N-dealkylation sites (tertiary alicyclic amines) is 1. The summed E-state index contributed by atoms with van der Waals surface area (Å²) in [5, 5.41) is 0. The van der Waals surface area contributed by atoms with Crippen molar-refractivity contribution in [1.82, 2.24) is 4.90 Å². The van der Waals surface area contributed by atoms with Gasteiger partial charge in [-0.25, -0.2) is 0 Å². The van der Waals surface area contributed by atoms with Gasteiger partial charge in [-0.15, -0.1) is 0 Å². The number of ketones is 1. The third kappa shape index (κ3) is 2.54. The topological polar surface area (TPSA) is 46.6 Å². The van der Waals surface area contributed by atoms with E-state index in [1.54, 1.807) is 0 Å². The fraction of sp³-hybridized carbons (Fsp3) is 0.467. The summed E-state index contributed by atoms with van der Waals surface area (Å²) in [5.74, 6) is -1.14. The van der Waals surface area contributed by atoms with Crippen LogP contribution in [0.3, 0.4) is 0 Å². The zero-order valence-corrected chi connectivity index (χ0v) is 11.5. The molecule has 0 spiro atoms. The molecule has 0 aromatic heterocycles. The summed E-state index contributed by atoms with van der Waals surface area (Å²) in [6.07, 6.45) is 0. The highest BCUT2D eigenvalue weighted by Crippen LogP contribution is 2.31. The Bertz CT molecular complexity index is 472. The summed E-state index contributed by atoms with van der Waals surface area (Å²) >= 11 is 0. The number of Topliss-reactive ketones (excluding diaryl/α,β-unsaturated/α-hetero) is 1. The predicted octanol–water partition coefficient (Wildman–Crippen LogP) is 1.81. The second kappa shape index (κ2) is 5.53. The van der Waals surface area contributed by atoms with Gasteiger partial charge in [0.1, 0.15) is 5.92 Å². The molecular weight excluding hydrogens is 242 g/mol. The summed E-state index contributed by atoms with van der Waals surface area (Å²) in [4.78, 5) is 25.7. The lowest BCUT2D eigenvalue weighted by molar-refractivity contribution is -0.148. The van der Waals surface area contributed by atoms with Crippen LogP contribution in [0.5, 0.6) is 0 Å². The number of ether oxygens (including phenoxy) is 1. The quantitative estimate of drug-likeness (QED) is 0.615. The minimum absolute atomic E-state index is 0.0536. The van der Waals surface area contributed by atoms with Gasteiger partial charge in [-0.2, -0.15) is 0 Å². The van der Waals surface area contributed by atoms with Crippen LogP contribution in [0.25, 0.3) is 0 Å². The molecule has 19 heavy (non-hydrogen) atoms. The highest BCUT2D eigenvalue weighted by molar-refractivity contribution is 6.02. The van der Waals surface area contributed by atoms with Crippen LogP contribution in [0, 0.1) is 5.92 Å². The summed E-state index contributed by atoms with van der Waals surface area (Å²) in [7, 11) is 1.33. The van der Waals surface area contributed by atoms with Crippen molar-refractivity contribution in [1.29, 1.82) is 0 Å². The van der Waals surface area contributed by atoms with E-state index in [9.17, 15) is 9.59 Å². The van der Waals surface area contributed by atoms with Crippen LogP contribution in [-0.2, 0) is 14.3 Å². The van der Waals surface area contributed by atoms with Gasteiger partial charge in [-0.3, -0.25) is 14.5 Å². The Balaban J connectivity index is 2.19. The minimum atomic E-state index is -0.656. The number of nitrogens with zero attached hydrogens (tertiary/aromatic N) is 1. The Labute approximate surface area is 113 Å². The van der Waals surface area contributed by atoms with Gasteiger partial charge in [0.25, 0.3) is 0 Å². The monoisotopic (exact) mass is 261 g/mol. The third-order valence-electron chi connectivity index (χ3n) is 3.93. The molecule has 1 fully saturated rings. The van der Waals surface area contributed by atoms with Crippen molar-refractivity contribution in [2.45, 2.75) is 25.9 Å². The molecule has 0 bridgehead atoms. The molecule has 102 valence electrons. The summed E-state index contributed by atoms with van der Waals surface area (Å²) in [6, 6.07) is 9.97. The largest absolute Gasteiger partial charge is 0.468 e. The van der Waals surface area contributed by atoms with Crippen LogP contribution in [0.1, 0.15) is 25.5 Å². The molecule has 1 heterocycles. The van der Waals surface area contributed by atoms with E-state index in [0.29, 0.717) is 6.54 Å². The van der Waals surface area contributed by atoms with E-state index in [4.69, 9.17) is 4.74 Å². The summed E-state index contributed by atoms with van der Waals surface area (Å²) in [5.41, 5.74) is 1.15. The first-order chi connectivity index (χ1) is 9.06. The first-order valence-electron chi connectivity index (χ1n) is 6.47. The molecule has 4 nitrogen and oxygen atoms in total. The van der Waals surface area contributed by atoms with Crippen LogP contribution in [0.4, 0.5) is 0 Å². The Morgan fingerprint density at radius 2 is 2.00 bits per heavy atom. The Morgan fingerprint density at radius 1 is 1.37 bits per heavy atom. The van der Waals surface area contributed by atoms with Crippen molar-refractivity contribution in [3.63, 3.8) is 0 Å². The van der Waals surface area contributed by atoms with Crippen LogP contribution < -0.4 is 0 Å². The average Bonchev–Trinajstić information content (AvgIpc) is 2.73. The van der Waals surface area contributed by atoms with Crippen LogP contribution in [-0.4, -0.2) is 36.3 Å². The van der Waals surface area contributed by atoms with Crippen molar-refractivity contribution in [2.75, 3.05) is 13.7 Å². The molecule has 0 amide bonds. The molecule has 0 N–H and O–H groups in total. The van der Waals surface area contributed by atoms with Crippen molar-refractivity contribution >= 4 is 11.8 Å². The standard InChI is InChI=1S/C15H19NO3/c1-10(12-7-5-4-6-8-12)16-9-13(17)14(11(16)2)15(18)19-3/h4-8,10-11,14H,9H2,1-3H3/t10-,11-,14-/m1/s1. The first-order valence-corrected chi connectivity index (χ1v) is 6.47. The molecule has 1 saturated heterocycles. The van der Waals surface area contributed by atoms with Gasteiger partial charge in [0, 0.05) is 12.1 Å². The lowest BCUT2D eigenvalue weighted by Crippen LogP contribution is -2.35. The Morgan fingerprint density at radius 3 is 2.58 bits per heavy atom. The van der Waals surface area contributed by atoms with Crippen molar-refractivity contribution in [2.24, 2.45) is 5.92 Å². The van der Waals surface area contributed by atoms with Crippen LogP contribution in [0.15, 0.2) is 30.3 Å². The molecule has 0 aliphatic carbocycles. The average molecular weight is 261 g/mol. The first kappa shape index (κ1) is 13.7. The normalized spacial score (nSPS) is 25.3. The number of esters is 1. The van der Waals surface area contributed by atoms with E-state index in [1.165, 1.54) is 7.11 Å². The molecule has 4 heteroatoms. The van der Waals surface area contributed by atoms with Crippen molar-refractivity contribution in [3.8, 4) is 0 Å². The smallest absolute Gasteiger partial charge is 0.317 e. The molecule has 1 aromatic carbocycles. The van der Waals surface area contributed by atoms with Gasteiger partial charge < -0.3 is 4.74 Å².